The van der Waals surface area contributed by atoms with Crippen molar-refractivity contribution in [2.24, 2.45) is 0 Å². The third-order valence-electron chi connectivity index (χ3n) is 4.30. The molecule has 23 heavy (non-hydrogen) atoms. The Balaban J connectivity index is 1.80. The van der Waals surface area contributed by atoms with Gasteiger partial charge in [0.25, 0.3) is 0 Å². The largest absolute Gasteiger partial charge is 0.468 e. The minimum atomic E-state index is -0.461. The monoisotopic (exact) mass is 314 g/mol. The number of methoxy groups -OCH3 is 1. The van der Waals surface area contributed by atoms with Crippen LogP contribution in [0.1, 0.15) is 35.2 Å². The molecule has 0 saturated carbocycles. The normalized spacial score (nSPS) is 18.3. The van der Waals surface area contributed by atoms with Crippen LogP contribution in [0, 0.1) is 13.8 Å². The maximum atomic E-state index is 12.3. The van der Waals surface area contributed by atoms with Gasteiger partial charge in [0, 0.05) is 12.5 Å². The number of hydrogen-bond acceptors (Lipinski definition) is 5. The van der Waals surface area contributed by atoms with Crippen LogP contribution in [0.3, 0.4) is 0 Å². The molecule has 6 heteroatoms. The summed E-state index contributed by atoms with van der Waals surface area (Å²) in [6.07, 6.45) is 1.79. The van der Waals surface area contributed by atoms with Crippen LogP contribution < -0.4 is 5.32 Å². The highest BCUT2D eigenvalue weighted by Gasteiger charge is 2.28. The first-order valence-corrected chi connectivity index (χ1v) is 7.88. The molecule has 1 aliphatic heterocycles. The van der Waals surface area contributed by atoms with E-state index in [1.807, 2.05) is 42.8 Å². The number of fused-ring (bicyclic) bond motifs is 1. The summed E-state index contributed by atoms with van der Waals surface area (Å²) in [4.78, 5) is 16.7. The molecule has 0 spiro atoms. The zero-order valence-corrected chi connectivity index (χ0v) is 13.7. The second-order valence-electron chi connectivity index (χ2n) is 5.97. The van der Waals surface area contributed by atoms with Crippen LogP contribution >= 0.6 is 0 Å². The molecule has 3 rings (SSSR count). The summed E-state index contributed by atoms with van der Waals surface area (Å²) in [5, 5.41) is 7.86. The predicted octanol–water partition coefficient (Wildman–Crippen LogP) is 1.71. The van der Waals surface area contributed by atoms with Crippen molar-refractivity contribution in [3.05, 3.63) is 47.0 Å². The number of nitrogens with zero attached hydrogens (tertiary/aromatic N) is 3. The first kappa shape index (κ1) is 15.7. The van der Waals surface area contributed by atoms with Gasteiger partial charge in [0.1, 0.15) is 17.7 Å². The van der Waals surface area contributed by atoms with E-state index in [9.17, 15) is 4.79 Å². The highest BCUT2D eigenvalue weighted by Crippen LogP contribution is 2.22. The summed E-state index contributed by atoms with van der Waals surface area (Å²) in [6.45, 7) is 4.63. The van der Waals surface area contributed by atoms with E-state index in [0.29, 0.717) is 0 Å². The smallest absolute Gasteiger partial charge is 0.327 e. The van der Waals surface area contributed by atoms with Gasteiger partial charge in [0.2, 0.25) is 0 Å². The van der Waals surface area contributed by atoms with Crippen LogP contribution in [0.5, 0.6) is 0 Å². The number of ether oxygens (including phenoxy) is 1. The van der Waals surface area contributed by atoms with Gasteiger partial charge >= 0.3 is 5.97 Å². The molecule has 2 atom stereocenters. The van der Waals surface area contributed by atoms with Crippen molar-refractivity contribution in [3.63, 3.8) is 0 Å². The Hall–Kier alpha value is -2.21. The maximum Gasteiger partial charge on any atom is 0.327 e. The molecule has 1 aromatic carbocycles. The van der Waals surface area contributed by atoms with E-state index in [1.54, 1.807) is 0 Å². The first-order chi connectivity index (χ1) is 11.1. The van der Waals surface area contributed by atoms with Crippen molar-refractivity contribution in [1.29, 1.82) is 0 Å². The van der Waals surface area contributed by atoms with Crippen molar-refractivity contribution >= 4 is 5.97 Å². The molecule has 0 amide bonds. The average Bonchev–Trinajstić information content (AvgIpc) is 2.92. The Kier molecular flexibility index (Phi) is 4.43. The lowest BCUT2D eigenvalue weighted by Gasteiger charge is -2.28. The Morgan fingerprint density at radius 3 is 2.91 bits per heavy atom. The van der Waals surface area contributed by atoms with Gasteiger partial charge < -0.3 is 4.74 Å². The number of benzene rings is 1. The van der Waals surface area contributed by atoms with Crippen molar-refractivity contribution in [3.8, 4) is 0 Å². The number of esters is 1. The molecule has 0 bridgehead atoms. The third-order valence-corrected chi connectivity index (χ3v) is 4.30. The average molecular weight is 314 g/mol. The molecule has 1 N–H and O–H groups in total. The van der Waals surface area contributed by atoms with Crippen LogP contribution in [0.25, 0.3) is 0 Å². The highest BCUT2D eigenvalue weighted by atomic mass is 16.5. The van der Waals surface area contributed by atoms with Gasteiger partial charge in [-0.25, -0.2) is 14.5 Å². The fraction of sp³-hybridized carbons (Fsp3) is 0.471. The fourth-order valence-electron chi connectivity index (χ4n) is 3.12. The minimum absolute atomic E-state index is 0.160. The van der Waals surface area contributed by atoms with Crippen molar-refractivity contribution in [1.82, 2.24) is 20.1 Å². The van der Waals surface area contributed by atoms with Gasteiger partial charge in [0.15, 0.2) is 0 Å². The number of carbonyl (C=O) groups is 1. The summed E-state index contributed by atoms with van der Waals surface area (Å²) in [6, 6.07) is 7.59. The van der Waals surface area contributed by atoms with Crippen LogP contribution in [0.15, 0.2) is 24.3 Å². The molecule has 1 aromatic heterocycles. The second-order valence-corrected chi connectivity index (χ2v) is 5.97. The lowest BCUT2D eigenvalue weighted by atomic mass is 9.99. The Morgan fingerprint density at radius 1 is 1.39 bits per heavy atom. The van der Waals surface area contributed by atoms with Crippen molar-refractivity contribution in [2.45, 2.75) is 45.3 Å². The summed E-state index contributed by atoms with van der Waals surface area (Å²) >= 11 is 0. The molecule has 0 radical (unpaired) electrons. The SMILES string of the molecule is COC(=O)[C@@H](N[C@@H]1CCc2nc(C)nn2C1)c1ccccc1C. The van der Waals surface area contributed by atoms with Gasteiger partial charge in [-0.15, -0.1) is 0 Å². The van der Waals surface area contributed by atoms with Crippen LogP contribution in [0.4, 0.5) is 0 Å². The summed E-state index contributed by atoms with van der Waals surface area (Å²) in [5.74, 6) is 1.55. The Labute approximate surface area is 135 Å². The van der Waals surface area contributed by atoms with Crippen LogP contribution in [-0.2, 0) is 22.5 Å². The van der Waals surface area contributed by atoms with Gasteiger partial charge in [-0.2, -0.15) is 5.10 Å². The minimum Gasteiger partial charge on any atom is -0.468 e. The lowest BCUT2D eigenvalue weighted by Crippen LogP contribution is -2.43. The van der Waals surface area contributed by atoms with E-state index in [-0.39, 0.29) is 12.0 Å². The topological polar surface area (TPSA) is 69.0 Å². The number of nitrogens with one attached hydrogen (secondary N) is 1. The van der Waals surface area contributed by atoms with Gasteiger partial charge in [-0.05, 0) is 31.4 Å². The number of carbonyl (C=O) groups excluding carboxylic acids is 1. The van der Waals surface area contributed by atoms with E-state index >= 15 is 0 Å². The fourth-order valence-corrected chi connectivity index (χ4v) is 3.12. The third kappa shape index (κ3) is 3.27. The summed E-state index contributed by atoms with van der Waals surface area (Å²) < 4.78 is 6.93. The standard InChI is InChI=1S/C17H22N4O2/c1-11-6-4-5-7-14(11)16(17(22)23-3)19-13-8-9-15-18-12(2)20-21(15)10-13/h4-7,13,16,19H,8-10H2,1-3H3/t13-,16+/m1/s1. The molecule has 0 saturated heterocycles. The predicted molar refractivity (Wildman–Crippen MR) is 85.9 cm³/mol. The number of hydrogen-bond donors (Lipinski definition) is 1. The Bertz CT molecular complexity index is 710. The van der Waals surface area contributed by atoms with Crippen molar-refractivity contribution < 1.29 is 9.53 Å². The first-order valence-electron chi connectivity index (χ1n) is 7.88. The second kappa shape index (κ2) is 6.50. The van der Waals surface area contributed by atoms with Gasteiger partial charge in [-0.3, -0.25) is 5.32 Å². The highest BCUT2D eigenvalue weighted by molar-refractivity contribution is 5.78. The van der Waals surface area contributed by atoms with E-state index in [2.05, 4.69) is 15.4 Å². The molecule has 2 heterocycles. The molecular weight excluding hydrogens is 292 g/mol. The molecule has 122 valence electrons. The number of aryl methyl sites for hydroxylation is 3. The van der Waals surface area contributed by atoms with Gasteiger partial charge in [0.05, 0.1) is 13.7 Å². The zero-order chi connectivity index (χ0) is 16.4. The van der Waals surface area contributed by atoms with Crippen LogP contribution in [-0.4, -0.2) is 33.9 Å². The number of rotatable bonds is 4. The van der Waals surface area contributed by atoms with E-state index in [4.69, 9.17) is 4.74 Å². The zero-order valence-electron chi connectivity index (χ0n) is 13.7. The Morgan fingerprint density at radius 2 is 2.17 bits per heavy atom. The molecule has 0 aliphatic carbocycles. The molecule has 6 nitrogen and oxygen atoms in total. The maximum absolute atomic E-state index is 12.3. The molecule has 2 aromatic rings. The van der Waals surface area contributed by atoms with Crippen molar-refractivity contribution in [2.75, 3.05) is 7.11 Å². The van der Waals surface area contributed by atoms with Gasteiger partial charge in [-0.1, -0.05) is 24.3 Å². The molecule has 1 aliphatic rings. The summed E-state index contributed by atoms with van der Waals surface area (Å²) in [7, 11) is 1.43. The van der Waals surface area contributed by atoms with E-state index < -0.39 is 6.04 Å². The summed E-state index contributed by atoms with van der Waals surface area (Å²) in [5.41, 5.74) is 2.03. The van der Waals surface area contributed by atoms with E-state index in [0.717, 1.165) is 42.2 Å². The number of aromatic nitrogens is 3. The van der Waals surface area contributed by atoms with E-state index in [1.165, 1.54) is 7.11 Å². The lowest BCUT2D eigenvalue weighted by molar-refractivity contribution is -0.143. The van der Waals surface area contributed by atoms with Crippen LogP contribution in [0.2, 0.25) is 0 Å². The molecular formula is C17H22N4O2. The molecule has 0 fully saturated rings. The molecule has 0 unspecified atom stereocenters. The quantitative estimate of drug-likeness (QED) is 0.870.